The van der Waals surface area contributed by atoms with Gasteiger partial charge in [0.15, 0.2) is 0 Å². The molecule has 0 heterocycles. The Bertz CT molecular complexity index is 381. The molecule has 0 bridgehead atoms. The summed E-state index contributed by atoms with van der Waals surface area (Å²) in [5.74, 6) is -1.06. The molecule has 2 heteroatoms. The molecule has 0 fully saturated rings. The maximum absolute atomic E-state index is 11.0. The van der Waals surface area contributed by atoms with Crippen LogP contribution in [0.25, 0.3) is 0 Å². The van der Waals surface area contributed by atoms with Crippen LogP contribution in [0.1, 0.15) is 18.4 Å². The topological polar surface area (TPSA) is 40.1 Å². The number of aliphatic carboxylic acids is 1. The molecule has 0 radical (unpaired) electrons. The molecule has 1 aromatic rings. The van der Waals surface area contributed by atoms with E-state index in [1.54, 1.807) is 0 Å². The number of carbonyl (C=O) groups is 1. The van der Waals surface area contributed by atoms with E-state index in [9.17, 15) is 9.90 Å². The van der Waals surface area contributed by atoms with Crippen molar-refractivity contribution in [3.63, 3.8) is 0 Å². The van der Waals surface area contributed by atoms with Gasteiger partial charge in [0.05, 0.1) is 0 Å². The summed E-state index contributed by atoms with van der Waals surface area (Å²) in [5, 5.41) is 11.0. The van der Waals surface area contributed by atoms with Crippen molar-refractivity contribution in [2.45, 2.75) is 19.3 Å². The average Bonchev–Trinajstić information content (AvgIpc) is 2.31. The number of benzene rings is 1. The number of carbonyl (C=O) groups excluding carboxylic acids is 1. The molecule has 0 unspecified atom stereocenters. The first-order chi connectivity index (χ1) is 7.77. The smallest absolute Gasteiger partial charge is 0.0451 e. The van der Waals surface area contributed by atoms with Gasteiger partial charge < -0.3 is 9.90 Å². The lowest BCUT2D eigenvalue weighted by atomic mass is 9.79. The quantitative estimate of drug-likeness (QED) is 0.718. The van der Waals surface area contributed by atoms with Crippen LogP contribution in [0.15, 0.2) is 42.5 Å². The van der Waals surface area contributed by atoms with Crippen LogP contribution in [0.3, 0.4) is 0 Å². The molecule has 2 atom stereocenters. The van der Waals surface area contributed by atoms with Crippen LogP contribution in [0.2, 0.25) is 0 Å². The van der Waals surface area contributed by atoms with Gasteiger partial charge in [0.25, 0.3) is 0 Å². The molecule has 84 valence electrons. The first kappa shape index (κ1) is 10.9. The molecule has 1 aliphatic carbocycles. The Hall–Kier alpha value is -1.57. The van der Waals surface area contributed by atoms with Crippen LogP contribution in [-0.4, -0.2) is 5.97 Å². The standard InChI is InChI=1S/C14H16O2/c15-14(16)13-9-5-4-8-12(13)10-11-6-2-1-3-7-11/h1-7,12-13H,8-10H2,(H,15,16)/p-1/t12-,13-/m1/s1. The van der Waals surface area contributed by atoms with E-state index in [0.717, 1.165) is 12.8 Å². The van der Waals surface area contributed by atoms with E-state index >= 15 is 0 Å². The Morgan fingerprint density at radius 3 is 2.56 bits per heavy atom. The van der Waals surface area contributed by atoms with Gasteiger partial charge in [0, 0.05) is 11.9 Å². The summed E-state index contributed by atoms with van der Waals surface area (Å²) in [6, 6.07) is 10.0. The van der Waals surface area contributed by atoms with Gasteiger partial charge in [-0.05, 0) is 30.7 Å². The molecule has 1 aromatic carbocycles. The van der Waals surface area contributed by atoms with E-state index in [0.29, 0.717) is 6.42 Å². The van der Waals surface area contributed by atoms with Gasteiger partial charge in [-0.2, -0.15) is 0 Å². The molecule has 2 nitrogen and oxygen atoms in total. The highest BCUT2D eigenvalue weighted by molar-refractivity contribution is 5.68. The first-order valence-corrected chi connectivity index (χ1v) is 5.67. The third kappa shape index (κ3) is 2.51. The maximum atomic E-state index is 11.0. The Morgan fingerprint density at radius 1 is 1.19 bits per heavy atom. The summed E-state index contributed by atoms with van der Waals surface area (Å²) < 4.78 is 0. The van der Waals surface area contributed by atoms with Crippen LogP contribution in [0.5, 0.6) is 0 Å². The van der Waals surface area contributed by atoms with Gasteiger partial charge in [0.2, 0.25) is 0 Å². The Morgan fingerprint density at radius 2 is 1.88 bits per heavy atom. The summed E-state index contributed by atoms with van der Waals surface area (Å²) in [4.78, 5) is 11.0. The van der Waals surface area contributed by atoms with Crippen molar-refractivity contribution in [3.8, 4) is 0 Å². The lowest BCUT2D eigenvalue weighted by Gasteiger charge is -2.29. The molecule has 0 spiro atoms. The van der Waals surface area contributed by atoms with Crippen molar-refractivity contribution in [1.82, 2.24) is 0 Å². The molecule has 2 rings (SSSR count). The highest BCUT2D eigenvalue weighted by Crippen LogP contribution is 2.28. The predicted octanol–water partition coefficient (Wildman–Crippen LogP) is 1.56. The number of hydrogen-bond acceptors (Lipinski definition) is 2. The number of allylic oxidation sites excluding steroid dienone is 2. The second kappa shape index (κ2) is 4.97. The minimum Gasteiger partial charge on any atom is -0.550 e. The SMILES string of the molecule is O=C([O-])[C@@H]1CC=CC[C@@H]1Cc1ccccc1. The van der Waals surface area contributed by atoms with Crippen LogP contribution in [0.4, 0.5) is 0 Å². The molecule has 0 saturated carbocycles. The number of carboxylic acids is 1. The van der Waals surface area contributed by atoms with Gasteiger partial charge in [-0.3, -0.25) is 0 Å². The fourth-order valence-electron chi connectivity index (χ4n) is 2.30. The van der Waals surface area contributed by atoms with E-state index in [4.69, 9.17) is 0 Å². The molecular formula is C14H15O2-. The van der Waals surface area contributed by atoms with Crippen molar-refractivity contribution < 1.29 is 9.90 Å². The fourth-order valence-corrected chi connectivity index (χ4v) is 2.30. The largest absolute Gasteiger partial charge is 0.550 e. The monoisotopic (exact) mass is 215 g/mol. The van der Waals surface area contributed by atoms with Crippen LogP contribution < -0.4 is 5.11 Å². The molecule has 0 aromatic heterocycles. The van der Waals surface area contributed by atoms with E-state index in [-0.39, 0.29) is 11.8 Å². The van der Waals surface area contributed by atoms with E-state index < -0.39 is 5.97 Å². The summed E-state index contributed by atoms with van der Waals surface area (Å²) in [7, 11) is 0. The predicted molar refractivity (Wildman–Crippen MR) is 60.5 cm³/mol. The molecular weight excluding hydrogens is 200 g/mol. The molecule has 16 heavy (non-hydrogen) atoms. The fraction of sp³-hybridized carbons (Fsp3) is 0.357. The Kier molecular flexibility index (Phi) is 3.40. The highest BCUT2D eigenvalue weighted by Gasteiger charge is 2.23. The number of rotatable bonds is 3. The van der Waals surface area contributed by atoms with Crippen molar-refractivity contribution in [3.05, 3.63) is 48.0 Å². The average molecular weight is 215 g/mol. The van der Waals surface area contributed by atoms with Gasteiger partial charge in [-0.25, -0.2) is 0 Å². The number of hydrogen-bond donors (Lipinski definition) is 0. The molecule has 1 aliphatic rings. The summed E-state index contributed by atoms with van der Waals surface area (Å²) in [6.07, 6.45) is 6.30. The molecule has 0 aliphatic heterocycles. The summed E-state index contributed by atoms with van der Waals surface area (Å²) >= 11 is 0. The summed E-state index contributed by atoms with van der Waals surface area (Å²) in [6.45, 7) is 0. The van der Waals surface area contributed by atoms with Gasteiger partial charge >= 0.3 is 0 Å². The lowest BCUT2D eigenvalue weighted by molar-refractivity contribution is -0.313. The van der Waals surface area contributed by atoms with Gasteiger partial charge in [0.1, 0.15) is 0 Å². The first-order valence-electron chi connectivity index (χ1n) is 5.67. The molecule has 0 amide bonds. The van der Waals surface area contributed by atoms with Crippen LogP contribution in [0, 0.1) is 11.8 Å². The Balaban J connectivity index is 2.08. The highest BCUT2D eigenvalue weighted by atomic mass is 16.4. The normalized spacial score (nSPS) is 24.2. The zero-order valence-corrected chi connectivity index (χ0v) is 9.13. The second-order valence-corrected chi connectivity index (χ2v) is 4.32. The van der Waals surface area contributed by atoms with E-state index in [1.165, 1.54) is 5.56 Å². The molecule has 0 saturated heterocycles. The van der Waals surface area contributed by atoms with Crippen molar-refractivity contribution >= 4 is 5.97 Å². The maximum Gasteiger partial charge on any atom is 0.0451 e. The Labute approximate surface area is 95.6 Å². The third-order valence-corrected chi connectivity index (χ3v) is 3.21. The van der Waals surface area contributed by atoms with Crippen LogP contribution in [-0.2, 0) is 11.2 Å². The van der Waals surface area contributed by atoms with E-state index in [1.807, 2.05) is 36.4 Å². The third-order valence-electron chi connectivity index (χ3n) is 3.21. The van der Waals surface area contributed by atoms with E-state index in [2.05, 4.69) is 6.08 Å². The van der Waals surface area contributed by atoms with Crippen LogP contribution >= 0.6 is 0 Å². The second-order valence-electron chi connectivity index (χ2n) is 4.32. The molecule has 0 N–H and O–H groups in total. The van der Waals surface area contributed by atoms with Gasteiger partial charge in [-0.1, -0.05) is 42.5 Å². The summed E-state index contributed by atoms with van der Waals surface area (Å²) in [5.41, 5.74) is 1.20. The zero-order valence-electron chi connectivity index (χ0n) is 9.13. The minimum absolute atomic E-state index is 0.178. The minimum atomic E-state index is -0.912. The lowest BCUT2D eigenvalue weighted by Crippen LogP contribution is -2.37. The van der Waals surface area contributed by atoms with Gasteiger partial charge in [-0.15, -0.1) is 0 Å². The number of carboxylic acid groups (broad SMARTS) is 1. The van der Waals surface area contributed by atoms with Crippen molar-refractivity contribution in [2.24, 2.45) is 11.8 Å². The zero-order chi connectivity index (χ0) is 11.4. The van der Waals surface area contributed by atoms with Crippen molar-refractivity contribution in [2.75, 3.05) is 0 Å². The van der Waals surface area contributed by atoms with Crippen molar-refractivity contribution in [1.29, 1.82) is 0 Å².